The third-order valence-electron chi connectivity index (χ3n) is 9.28. The molecule has 4 heterocycles. The van der Waals surface area contributed by atoms with Gasteiger partial charge in [0.1, 0.15) is 23.6 Å². The first-order chi connectivity index (χ1) is 27.2. The number of anilines is 4. The van der Waals surface area contributed by atoms with Crippen molar-refractivity contribution >= 4 is 46.4 Å². The van der Waals surface area contributed by atoms with Crippen molar-refractivity contribution < 1.29 is 23.8 Å². The average Bonchev–Trinajstić information content (AvgIpc) is 3.62. The maximum Gasteiger partial charge on any atom is 0.328 e. The molecule has 0 spiro atoms. The molecule has 0 aliphatic carbocycles. The SMILES string of the molecule is COC(=O)[C@H](Cc1ccc(C#N)cc1)Nc1nc(NCc2nc3cc(F)ccc3[nH]2)nc(Nc2cccc(CN3CCN(C(=O)C4C=CN=NC4O)CC3)c2)n1. The Morgan fingerprint density at radius 1 is 1.00 bits per heavy atom. The average molecular weight is 760 g/mol. The first kappa shape index (κ1) is 37.5. The summed E-state index contributed by atoms with van der Waals surface area (Å²) in [6.07, 6.45) is 2.06. The van der Waals surface area contributed by atoms with Gasteiger partial charge in [-0.05, 0) is 53.6 Å². The summed E-state index contributed by atoms with van der Waals surface area (Å²) in [6, 6.07) is 20.2. The first-order valence-electron chi connectivity index (χ1n) is 17.8. The summed E-state index contributed by atoms with van der Waals surface area (Å²) in [5.74, 6) is -0.869. The Morgan fingerprint density at radius 2 is 1.79 bits per heavy atom. The van der Waals surface area contributed by atoms with Gasteiger partial charge in [-0.15, -0.1) is 0 Å². The van der Waals surface area contributed by atoms with E-state index >= 15 is 0 Å². The summed E-state index contributed by atoms with van der Waals surface area (Å²) in [5.41, 5.74) is 4.15. The van der Waals surface area contributed by atoms with Gasteiger partial charge in [0.2, 0.25) is 23.8 Å². The number of aromatic nitrogens is 5. The van der Waals surface area contributed by atoms with Crippen LogP contribution in [0.2, 0.25) is 0 Å². The fraction of sp³-hybridized carbons (Fsp3) is 0.289. The maximum atomic E-state index is 13.8. The highest BCUT2D eigenvalue weighted by Crippen LogP contribution is 2.22. The number of fused-ring (bicyclic) bond motifs is 1. The molecule has 1 saturated heterocycles. The van der Waals surface area contributed by atoms with Crippen molar-refractivity contribution in [1.29, 1.82) is 5.26 Å². The number of carbonyl (C=O) groups excluding carboxylic acids is 2. The highest BCUT2D eigenvalue weighted by molar-refractivity contribution is 5.81. The van der Waals surface area contributed by atoms with E-state index in [1.165, 1.54) is 25.4 Å². The van der Waals surface area contributed by atoms with Crippen LogP contribution in [0.5, 0.6) is 0 Å². The molecule has 2 aromatic heterocycles. The van der Waals surface area contributed by atoms with Gasteiger partial charge < -0.3 is 35.7 Å². The predicted octanol–water partition coefficient (Wildman–Crippen LogP) is 3.87. The number of amides is 1. The first-order valence-corrected chi connectivity index (χ1v) is 17.8. The number of halogens is 1. The van der Waals surface area contributed by atoms with Crippen molar-refractivity contribution in [2.24, 2.45) is 16.1 Å². The number of aliphatic hydroxyl groups is 1. The highest BCUT2D eigenvalue weighted by Gasteiger charge is 2.32. The van der Waals surface area contributed by atoms with E-state index in [9.17, 15) is 24.3 Å². The minimum atomic E-state index is -1.17. The van der Waals surface area contributed by atoms with Crippen LogP contribution >= 0.6 is 0 Å². The smallest absolute Gasteiger partial charge is 0.328 e. The molecule has 2 unspecified atom stereocenters. The summed E-state index contributed by atoms with van der Waals surface area (Å²) in [5, 5.41) is 36.1. The summed E-state index contributed by atoms with van der Waals surface area (Å²) >= 11 is 0. The number of hydrogen-bond acceptors (Lipinski definition) is 15. The van der Waals surface area contributed by atoms with Gasteiger partial charge in [0, 0.05) is 57.1 Å². The van der Waals surface area contributed by atoms with Gasteiger partial charge >= 0.3 is 5.97 Å². The lowest BCUT2D eigenvalue weighted by Crippen LogP contribution is -2.51. The molecule has 2 aliphatic heterocycles. The van der Waals surface area contributed by atoms with E-state index in [-0.39, 0.29) is 36.7 Å². The van der Waals surface area contributed by atoms with Gasteiger partial charge in [-0.2, -0.15) is 30.4 Å². The van der Waals surface area contributed by atoms with E-state index in [4.69, 9.17) is 4.74 Å². The number of carbonyl (C=O) groups is 2. The van der Waals surface area contributed by atoms with E-state index in [0.29, 0.717) is 60.8 Å². The number of rotatable bonds is 13. The Labute approximate surface area is 320 Å². The molecule has 0 radical (unpaired) electrons. The van der Waals surface area contributed by atoms with Crippen LogP contribution in [-0.2, 0) is 33.8 Å². The number of nitrogens with one attached hydrogen (secondary N) is 4. The van der Waals surface area contributed by atoms with Crippen LogP contribution in [0, 0.1) is 23.1 Å². The van der Waals surface area contributed by atoms with Crippen molar-refractivity contribution in [1.82, 2.24) is 34.7 Å². The number of aliphatic hydroxyl groups excluding tert-OH is 1. The number of piperazine rings is 1. The van der Waals surface area contributed by atoms with Gasteiger partial charge in [0.25, 0.3) is 0 Å². The molecule has 56 heavy (non-hydrogen) atoms. The summed E-state index contributed by atoms with van der Waals surface area (Å²) in [7, 11) is 1.29. The van der Waals surface area contributed by atoms with E-state index in [1.807, 2.05) is 24.3 Å². The second-order valence-electron chi connectivity index (χ2n) is 13.2. The zero-order chi connectivity index (χ0) is 39.0. The van der Waals surface area contributed by atoms with Crippen molar-refractivity contribution in [3.8, 4) is 6.07 Å². The molecule has 0 bridgehead atoms. The van der Waals surface area contributed by atoms with Gasteiger partial charge in [0.05, 0.1) is 36.3 Å². The van der Waals surface area contributed by atoms with Crippen molar-refractivity contribution in [3.63, 3.8) is 0 Å². The maximum absolute atomic E-state index is 13.8. The van der Waals surface area contributed by atoms with Gasteiger partial charge in [-0.3, -0.25) is 9.69 Å². The Kier molecular flexibility index (Phi) is 11.4. The number of azo groups is 1. The third-order valence-corrected chi connectivity index (χ3v) is 9.28. The number of H-pyrrole nitrogens is 1. The zero-order valence-corrected chi connectivity index (χ0v) is 30.3. The summed E-state index contributed by atoms with van der Waals surface area (Å²) in [4.78, 5) is 51.2. The number of esters is 1. The molecule has 2 aliphatic rings. The molecule has 3 atom stereocenters. The molecular formula is C38H38FN13O4. The second-order valence-corrected chi connectivity index (χ2v) is 13.2. The van der Waals surface area contributed by atoms with Gasteiger partial charge in [0.15, 0.2) is 6.23 Å². The van der Waals surface area contributed by atoms with Crippen LogP contribution in [0.3, 0.4) is 0 Å². The van der Waals surface area contributed by atoms with E-state index in [2.05, 4.69) is 62.1 Å². The van der Waals surface area contributed by atoms with Gasteiger partial charge in [-0.1, -0.05) is 24.3 Å². The Balaban J connectivity index is 1.06. The van der Waals surface area contributed by atoms with Gasteiger partial charge in [-0.25, -0.2) is 14.2 Å². The van der Waals surface area contributed by atoms with Crippen LogP contribution in [0.4, 0.5) is 27.9 Å². The predicted molar refractivity (Wildman–Crippen MR) is 203 cm³/mol. The van der Waals surface area contributed by atoms with Crippen LogP contribution < -0.4 is 16.0 Å². The fourth-order valence-corrected chi connectivity index (χ4v) is 6.39. The summed E-state index contributed by atoms with van der Waals surface area (Å²) < 4.78 is 18.9. The molecule has 5 aromatic rings. The van der Waals surface area contributed by atoms with Crippen molar-refractivity contribution in [3.05, 3.63) is 107 Å². The second kappa shape index (κ2) is 17.1. The largest absolute Gasteiger partial charge is 0.467 e. The molecule has 3 aromatic carbocycles. The van der Waals surface area contributed by atoms with Crippen LogP contribution in [0.25, 0.3) is 11.0 Å². The lowest BCUT2D eigenvalue weighted by molar-refractivity contribution is -0.141. The molecule has 5 N–H and O–H groups in total. The Hall–Kier alpha value is -6.84. The van der Waals surface area contributed by atoms with Crippen LogP contribution in [-0.4, -0.2) is 97.3 Å². The van der Waals surface area contributed by atoms with E-state index in [0.717, 1.165) is 11.1 Å². The number of ether oxygens (including phenoxy) is 1. The number of nitriles is 1. The standard InChI is InChI=1S/C38H38FN13O4/c1-56-35(55)31(18-23-5-7-24(20-40)8-6-23)46-38-48-36(41-21-32-44-29-10-9-26(39)19-30(29)45-32)47-37(49-38)43-27-4-2-3-25(17-27)22-51-13-15-52(16-14-51)34(54)28-11-12-42-50-33(28)53/h2-12,17,19,28,31,33,53H,13-16,18,21-22H2,1H3,(H,44,45)(H3,41,43,46,47,48,49)/t28?,31-,33?/m0/s1. The number of benzene rings is 3. The topological polar surface area (TPSA) is 222 Å². The number of aromatic amines is 1. The quantitative estimate of drug-likeness (QED) is 0.108. The van der Waals surface area contributed by atoms with Crippen LogP contribution in [0.1, 0.15) is 22.5 Å². The molecule has 7 rings (SSSR count). The normalized spacial score (nSPS) is 17.3. The highest BCUT2D eigenvalue weighted by atomic mass is 19.1. The number of methoxy groups -OCH3 is 1. The molecule has 0 saturated carbocycles. The number of nitrogens with zero attached hydrogens (tertiary/aromatic N) is 9. The lowest BCUT2D eigenvalue weighted by Gasteiger charge is -2.36. The molecule has 1 amide bonds. The van der Waals surface area contributed by atoms with Crippen molar-refractivity contribution in [2.75, 3.05) is 49.2 Å². The minimum absolute atomic E-state index is 0.0867. The fourth-order valence-electron chi connectivity index (χ4n) is 6.39. The third kappa shape index (κ3) is 9.26. The molecule has 1 fully saturated rings. The van der Waals surface area contributed by atoms with Crippen molar-refractivity contribution in [2.45, 2.75) is 31.8 Å². The molecule has 17 nitrogen and oxygen atoms in total. The van der Waals surface area contributed by atoms with Crippen LogP contribution in [0.15, 0.2) is 89.2 Å². The lowest BCUT2D eigenvalue weighted by atomic mass is 10.0. The Morgan fingerprint density at radius 3 is 2.55 bits per heavy atom. The number of imidazole rings is 1. The van der Waals surface area contributed by atoms with E-state index in [1.54, 1.807) is 41.3 Å². The summed E-state index contributed by atoms with van der Waals surface area (Å²) in [6.45, 7) is 3.14. The monoisotopic (exact) mass is 759 g/mol. The zero-order valence-electron chi connectivity index (χ0n) is 30.3. The van der Waals surface area contributed by atoms with E-state index < -0.39 is 30.0 Å². The molecule has 18 heteroatoms. The minimum Gasteiger partial charge on any atom is -0.467 e. The molecule has 286 valence electrons. The Bertz CT molecular complexity index is 2300. The molecular weight excluding hydrogens is 722 g/mol. The number of hydrogen-bond donors (Lipinski definition) is 5.